The number of hydrogen-bond donors (Lipinski definition) is 1. The van der Waals surface area contributed by atoms with Gasteiger partial charge in [0, 0.05) is 18.3 Å². The summed E-state index contributed by atoms with van der Waals surface area (Å²) in [5.41, 5.74) is 2.81. The summed E-state index contributed by atoms with van der Waals surface area (Å²) in [5, 5.41) is 2.83. The Balaban J connectivity index is 1.45. The van der Waals surface area contributed by atoms with E-state index in [9.17, 15) is 14.0 Å². The van der Waals surface area contributed by atoms with E-state index >= 15 is 0 Å². The second-order valence-corrected chi connectivity index (χ2v) is 7.77. The first-order chi connectivity index (χ1) is 13.0. The Morgan fingerprint density at radius 3 is 2.37 bits per heavy atom. The molecule has 0 saturated heterocycles. The molecule has 0 spiro atoms. The normalized spacial score (nSPS) is 13.3. The number of anilines is 1. The lowest BCUT2D eigenvalue weighted by Crippen LogP contribution is -2.34. The van der Waals surface area contributed by atoms with Gasteiger partial charge in [0.15, 0.2) is 0 Å². The lowest BCUT2D eigenvalue weighted by atomic mass is 10.2. The van der Waals surface area contributed by atoms with Crippen molar-refractivity contribution >= 4 is 29.3 Å². The first-order valence-corrected chi connectivity index (χ1v) is 10.1. The summed E-state index contributed by atoms with van der Waals surface area (Å²) in [6.45, 7) is 2.48. The van der Waals surface area contributed by atoms with Crippen molar-refractivity contribution < 1.29 is 14.0 Å². The van der Waals surface area contributed by atoms with E-state index in [1.165, 1.54) is 23.9 Å². The van der Waals surface area contributed by atoms with Gasteiger partial charge >= 0.3 is 0 Å². The van der Waals surface area contributed by atoms with Crippen molar-refractivity contribution in [2.75, 3.05) is 16.8 Å². The second-order valence-electron chi connectivity index (χ2n) is 6.79. The van der Waals surface area contributed by atoms with E-state index in [2.05, 4.69) is 5.32 Å². The first-order valence-electron chi connectivity index (χ1n) is 8.99. The molecular formula is C21H23FN2O2S. The van der Waals surface area contributed by atoms with Crippen molar-refractivity contribution in [2.45, 2.75) is 32.4 Å². The summed E-state index contributed by atoms with van der Waals surface area (Å²) < 4.78 is 13.0. The van der Waals surface area contributed by atoms with Crippen LogP contribution in [0.25, 0.3) is 0 Å². The van der Waals surface area contributed by atoms with E-state index in [0.717, 1.165) is 29.7 Å². The van der Waals surface area contributed by atoms with Gasteiger partial charge < -0.3 is 10.2 Å². The Hall–Kier alpha value is -2.34. The van der Waals surface area contributed by atoms with Crippen LogP contribution in [-0.2, 0) is 16.1 Å². The van der Waals surface area contributed by atoms with E-state index in [1.54, 1.807) is 12.1 Å². The van der Waals surface area contributed by atoms with Crippen LogP contribution in [-0.4, -0.2) is 34.3 Å². The zero-order valence-corrected chi connectivity index (χ0v) is 16.1. The van der Waals surface area contributed by atoms with E-state index < -0.39 is 0 Å². The van der Waals surface area contributed by atoms with Gasteiger partial charge in [0.1, 0.15) is 5.82 Å². The SMILES string of the molecule is Cc1ccc(NC(=O)CSCC(=O)N(Cc2ccc(F)cc2)C2CC2)cc1. The monoisotopic (exact) mass is 386 g/mol. The minimum Gasteiger partial charge on any atom is -0.335 e. The summed E-state index contributed by atoms with van der Waals surface area (Å²) in [4.78, 5) is 26.4. The van der Waals surface area contributed by atoms with E-state index in [1.807, 2.05) is 36.1 Å². The fourth-order valence-corrected chi connectivity index (χ4v) is 3.44. The molecule has 0 unspecified atom stereocenters. The van der Waals surface area contributed by atoms with E-state index in [-0.39, 0.29) is 35.2 Å². The number of amides is 2. The Bertz CT molecular complexity index is 789. The average molecular weight is 386 g/mol. The van der Waals surface area contributed by atoms with Gasteiger partial charge in [0.25, 0.3) is 0 Å². The van der Waals surface area contributed by atoms with Crippen molar-refractivity contribution in [1.29, 1.82) is 0 Å². The molecule has 1 fully saturated rings. The fraction of sp³-hybridized carbons (Fsp3) is 0.333. The van der Waals surface area contributed by atoms with Crippen molar-refractivity contribution in [3.63, 3.8) is 0 Å². The van der Waals surface area contributed by atoms with Gasteiger partial charge in [-0.15, -0.1) is 11.8 Å². The maximum absolute atomic E-state index is 13.0. The third-order valence-electron chi connectivity index (χ3n) is 4.37. The van der Waals surface area contributed by atoms with Gasteiger partial charge in [-0.25, -0.2) is 4.39 Å². The van der Waals surface area contributed by atoms with Crippen molar-refractivity contribution in [3.8, 4) is 0 Å². The quantitative estimate of drug-likeness (QED) is 0.746. The molecule has 0 aromatic heterocycles. The summed E-state index contributed by atoms with van der Waals surface area (Å²) in [6, 6.07) is 14.1. The Kier molecular flexibility index (Phi) is 6.50. The maximum Gasteiger partial charge on any atom is 0.234 e. The molecule has 1 N–H and O–H groups in total. The Morgan fingerprint density at radius 2 is 1.74 bits per heavy atom. The molecule has 2 amide bonds. The lowest BCUT2D eigenvalue weighted by molar-refractivity contribution is -0.129. The number of nitrogens with one attached hydrogen (secondary N) is 1. The highest BCUT2D eigenvalue weighted by Gasteiger charge is 2.32. The van der Waals surface area contributed by atoms with Crippen LogP contribution >= 0.6 is 11.8 Å². The predicted molar refractivity (Wildman–Crippen MR) is 107 cm³/mol. The largest absolute Gasteiger partial charge is 0.335 e. The second kappa shape index (κ2) is 9.04. The van der Waals surface area contributed by atoms with Crippen LogP contribution in [0, 0.1) is 12.7 Å². The topological polar surface area (TPSA) is 49.4 Å². The first kappa shape index (κ1) is 19.4. The number of thioether (sulfide) groups is 1. The molecule has 1 aliphatic carbocycles. The molecule has 2 aromatic carbocycles. The smallest absolute Gasteiger partial charge is 0.234 e. The van der Waals surface area contributed by atoms with Crippen molar-refractivity contribution in [2.24, 2.45) is 0 Å². The zero-order chi connectivity index (χ0) is 19.2. The summed E-state index contributed by atoms with van der Waals surface area (Å²) in [5.74, 6) is 0.120. The van der Waals surface area contributed by atoms with Crippen LogP contribution in [0.4, 0.5) is 10.1 Å². The summed E-state index contributed by atoms with van der Waals surface area (Å²) in [7, 11) is 0. The Morgan fingerprint density at radius 1 is 1.07 bits per heavy atom. The number of aryl methyl sites for hydroxylation is 1. The summed E-state index contributed by atoms with van der Waals surface area (Å²) >= 11 is 1.32. The van der Waals surface area contributed by atoms with Gasteiger partial charge in [0.2, 0.25) is 11.8 Å². The third kappa shape index (κ3) is 6.10. The van der Waals surface area contributed by atoms with Crippen LogP contribution in [0.15, 0.2) is 48.5 Å². The molecule has 6 heteroatoms. The van der Waals surface area contributed by atoms with Crippen LogP contribution in [0.3, 0.4) is 0 Å². The standard InChI is InChI=1S/C21H23FN2O2S/c1-15-2-8-18(9-3-15)23-20(25)13-27-14-21(26)24(19-10-11-19)12-16-4-6-17(22)7-5-16/h2-9,19H,10-14H2,1H3,(H,23,25). The maximum atomic E-state index is 13.0. The minimum absolute atomic E-state index is 0.0231. The average Bonchev–Trinajstić information content (AvgIpc) is 3.48. The summed E-state index contributed by atoms with van der Waals surface area (Å²) in [6.07, 6.45) is 2.01. The van der Waals surface area contributed by atoms with Crippen LogP contribution in [0.1, 0.15) is 24.0 Å². The highest BCUT2D eigenvalue weighted by atomic mass is 32.2. The number of carbonyl (C=O) groups is 2. The van der Waals surface area contributed by atoms with Gasteiger partial charge in [-0.3, -0.25) is 9.59 Å². The molecule has 142 valence electrons. The van der Waals surface area contributed by atoms with E-state index in [4.69, 9.17) is 0 Å². The fourth-order valence-electron chi connectivity index (χ4n) is 2.74. The molecule has 0 radical (unpaired) electrons. The van der Waals surface area contributed by atoms with Crippen molar-refractivity contribution in [3.05, 3.63) is 65.5 Å². The molecular weight excluding hydrogens is 363 g/mol. The molecule has 0 atom stereocenters. The number of rotatable bonds is 8. The van der Waals surface area contributed by atoms with Gasteiger partial charge in [-0.05, 0) is 49.6 Å². The molecule has 27 heavy (non-hydrogen) atoms. The molecule has 3 rings (SSSR count). The molecule has 4 nitrogen and oxygen atoms in total. The molecule has 1 aliphatic rings. The molecule has 0 heterocycles. The predicted octanol–water partition coefficient (Wildman–Crippen LogP) is 4.00. The number of benzene rings is 2. The number of nitrogens with zero attached hydrogens (tertiary/aromatic N) is 1. The van der Waals surface area contributed by atoms with Gasteiger partial charge in [-0.1, -0.05) is 29.8 Å². The minimum atomic E-state index is -0.279. The zero-order valence-electron chi connectivity index (χ0n) is 15.3. The van der Waals surface area contributed by atoms with Gasteiger partial charge in [0.05, 0.1) is 11.5 Å². The molecule has 1 saturated carbocycles. The third-order valence-corrected chi connectivity index (χ3v) is 5.29. The van der Waals surface area contributed by atoms with Crippen LogP contribution in [0.5, 0.6) is 0 Å². The molecule has 0 bridgehead atoms. The highest BCUT2D eigenvalue weighted by Crippen LogP contribution is 2.29. The lowest BCUT2D eigenvalue weighted by Gasteiger charge is -2.22. The van der Waals surface area contributed by atoms with E-state index in [0.29, 0.717) is 6.54 Å². The van der Waals surface area contributed by atoms with Crippen LogP contribution < -0.4 is 5.32 Å². The van der Waals surface area contributed by atoms with Crippen molar-refractivity contribution in [1.82, 2.24) is 4.90 Å². The van der Waals surface area contributed by atoms with Gasteiger partial charge in [-0.2, -0.15) is 0 Å². The molecule has 0 aliphatic heterocycles. The number of carbonyl (C=O) groups excluding carboxylic acids is 2. The Labute approximate surface area is 163 Å². The molecule has 2 aromatic rings. The van der Waals surface area contributed by atoms with Crippen LogP contribution in [0.2, 0.25) is 0 Å². The number of halogens is 1. The number of hydrogen-bond acceptors (Lipinski definition) is 3. The highest BCUT2D eigenvalue weighted by molar-refractivity contribution is 8.00.